The Morgan fingerprint density at radius 2 is 1.27 bits per heavy atom. The van der Waals surface area contributed by atoms with Crippen LogP contribution < -0.4 is 4.46 Å². The standard InChI is InChI=1S/C22H18O2SSe/c23-25(24,20-13-6-2-7-14-20)18-10-17-22(19-11-4-1-5-12-19)26-21-15-8-3-9-16-21/h1-18H/b18-10+,22-17+. The maximum absolute atomic E-state index is 12.4. The Morgan fingerprint density at radius 1 is 0.731 bits per heavy atom. The predicted molar refractivity (Wildman–Crippen MR) is 109 cm³/mol. The van der Waals surface area contributed by atoms with Gasteiger partial charge in [-0.05, 0) is 0 Å². The van der Waals surface area contributed by atoms with Gasteiger partial charge in [-0.15, -0.1) is 0 Å². The number of rotatable bonds is 6. The molecule has 3 rings (SSSR count). The summed E-state index contributed by atoms with van der Waals surface area (Å²) in [5.41, 5.74) is 1.11. The van der Waals surface area contributed by atoms with E-state index in [1.807, 2.05) is 42.5 Å². The first-order valence-corrected chi connectivity index (χ1v) is 11.4. The Labute approximate surface area is 161 Å². The van der Waals surface area contributed by atoms with Gasteiger partial charge in [-0.25, -0.2) is 0 Å². The molecule has 0 aliphatic rings. The van der Waals surface area contributed by atoms with Crippen LogP contribution >= 0.6 is 0 Å². The van der Waals surface area contributed by atoms with Gasteiger partial charge < -0.3 is 0 Å². The fourth-order valence-corrected chi connectivity index (χ4v) is 5.29. The molecule has 0 radical (unpaired) electrons. The van der Waals surface area contributed by atoms with Gasteiger partial charge in [-0.2, -0.15) is 0 Å². The summed E-state index contributed by atoms with van der Waals surface area (Å²) >= 11 is 0.0868. The van der Waals surface area contributed by atoms with Gasteiger partial charge in [0.05, 0.1) is 0 Å². The van der Waals surface area contributed by atoms with Crippen LogP contribution in [0.15, 0.2) is 113 Å². The molecule has 130 valence electrons. The second-order valence-electron chi connectivity index (χ2n) is 5.50. The summed E-state index contributed by atoms with van der Waals surface area (Å²) in [7, 11) is -3.43. The van der Waals surface area contributed by atoms with Crippen molar-refractivity contribution < 1.29 is 8.42 Å². The zero-order chi connectivity index (χ0) is 18.2. The minimum absolute atomic E-state index is 0.0868. The molecule has 4 heteroatoms. The van der Waals surface area contributed by atoms with Crippen LogP contribution in [0.3, 0.4) is 0 Å². The van der Waals surface area contributed by atoms with E-state index in [1.54, 1.807) is 36.4 Å². The molecule has 2 nitrogen and oxygen atoms in total. The van der Waals surface area contributed by atoms with Crippen molar-refractivity contribution in [1.29, 1.82) is 0 Å². The minimum atomic E-state index is -3.43. The molecule has 0 aromatic heterocycles. The number of sulfone groups is 1. The third-order valence-corrected chi connectivity index (χ3v) is 7.36. The predicted octanol–water partition coefficient (Wildman–Crippen LogP) is 4.04. The molecular formula is C22H18O2SSe. The number of allylic oxidation sites excluding steroid dienone is 2. The topological polar surface area (TPSA) is 34.1 Å². The van der Waals surface area contributed by atoms with Crippen molar-refractivity contribution >= 4 is 33.7 Å². The van der Waals surface area contributed by atoms with Gasteiger partial charge in [0.1, 0.15) is 0 Å². The van der Waals surface area contributed by atoms with Crippen molar-refractivity contribution in [3.05, 3.63) is 114 Å². The van der Waals surface area contributed by atoms with Gasteiger partial charge in [-0.1, -0.05) is 0 Å². The number of hydrogen-bond acceptors (Lipinski definition) is 2. The van der Waals surface area contributed by atoms with Crippen LogP contribution in [-0.4, -0.2) is 23.4 Å². The normalized spacial score (nSPS) is 12.4. The number of hydrogen-bond donors (Lipinski definition) is 0. The van der Waals surface area contributed by atoms with Crippen molar-refractivity contribution in [2.24, 2.45) is 0 Å². The van der Waals surface area contributed by atoms with E-state index in [0.717, 1.165) is 10.0 Å². The van der Waals surface area contributed by atoms with E-state index in [2.05, 4.69) is 24.3 Å². The van der Waals surface area contributed by atoms with E-state index < -0.39 is 9.84 Å². The summed E-state index contributed by atoms with van der Waals surface area (Å²) in [6.45, 7) is 0. The average Bonchev–Trinajstić information content (AvgIpc) is 2.69. The van der Waals surface area contributed by atoms with Gasteiger partial charge >= 0.3 is 161 Å². The van der Waals surface area contributed by atoms with Crippen LogP contribution in [0.25, 0.3) is 4.47 Å². The average molecular weight is 425 g/mol. The molecule has 0 amide bonds. The molecule has 0 saturated heterocycles. The summed E-state index contributed by atoms with van der Waals surface area (Å²) in [4.78, 5) is 0.305. The zero-order valence-electron chi connectivity index (χ0n) is 14.0. The van der Waals surface area contributed by atoms with Crippen LogP contribution in [0, 0.1) is 0 Å². The molecule has 0 heterocycles. The van der Waals surface area contributed by atoms with Crippen LogP contribution in [0.2, 0.25) is 0 Å². The second-order valence-corrected chi connectivity index (χ2v) is 9.67. The third kappa shape index (κ3) is 5.06. The molecule has 0 N–H and O–H groups in total. The zero-order valence-corrected chi connectivity index (χ0v) is 16.6. The fraction of sp³-hybridized carbons (Fsp3) is 0. The molecule has 0 saturated carbocycles. The molecule has 0 fully saturated rings. The van der Waals surface area contributed by atoms with E-state index in [0.29, 0.717) is 4.90 Å². The van der Waals surface area contributed by atoms with Gasteiger partial charge in [0, 0.05) is 0 Å². The molecule has 0 aliphatic heterocycles. The van der Waals surface area contributed by atoms with Crippen molar-refractivity contribution in [2.45, 2.75) is 4.90 Å². The first-order chi connectivity index (χ1) is 12.6. The van der Waals surface area contributed by atoms with Gasteiger partial charge in [0.25, 0.3) is 0 Å². The second kappa shape index (κ2) is 8.81. The van der Waals surface area contributed by atoms with Crippen molar-refractivity contribution in [2.75, 3.05) is 0 Å². The first kappa shape index (κ1) is 18.4. The Hall–Kier alpha value is -2.39. The van der Waals surface area contributed by atoms with E-state index >= 15 is 0 Å². The van der Waals surface area contributed by atoms with E-state index in [-0.39, 0.29) is 15.0 Å². The summed E-state index contributed by atoms with van der Waals surface area (Å²) in [6, 6.07) is 28.8. The van der Waals surface area contributed by atoms with E-state index in [1.165, 1.54) is 9.87 Å². The molecular weight excluding hydrogens is 407 g/mol. The van der Waals surface area contributed by atoms with Crippen molar-refractivity contribution in [3.63, 3.8) is 0 Å². The maximum atomic E-state index is 12.4. The van der Waals surface area contributed by atoms with Crippen LogP contribution in [0.1, 0.15) is 5.56 Å². The quantitative estimate of drug-likeness (QED) is 0.441. The summed E-state index contributed by atoms with van der Waals surface area (Å²) in [5.74, 6) is 0. The van der Waals surface area contributed by atoms with E-state index in [4.69, 9.17) is 0 Å². The SMILES string of the molecule is O=S(=O)(/C=C/C=C(/[Se]c1ccccc1)c1ccccc1)c1ccccc1. The number of benzene rings is 3. The van der Waals surface area contributed by atoms with Crippen LogP contribution in [-0.2, 0) is 9.84 Å². The summed E-state index contributed by atoms with van der Waals surface area (Å²) in [5, 5.41) is 1.27. The molecule has 0 unspecified atom stereocenters. The van der Waals surface area contributed by atoms with Crippen LogP contribution in [0.5, 0.6) is 0 Å². The Kier molecular flexibility index (Phi) is 6.24. The van der Waals surface area contributed by atoms with Gasteiger partial charge in [0.15, 0.2) is 0 Å². The Bertz CT molecular complexity index is 994. The molecule has 0 aliphatic carbocycles. The molecule has 3 aromatic rings. The van der Waals surface area contributed by atoms with Gasteiger partial charge in [0.2, 0.25) is 0 Å². The Balaban J connectivity index is 1.89. The first-order valence-electron chi connectivity index (χ1n) is 8.12. The monoisotopic (exact) mass is 426 g/mol. The summed E-state index contributed by atoms with van der Waals surface area (Å²) in [6.07, 6.45) is 3.54. The fourth-order valence-electron chi connectivity index (χ4n) is 2.33. The van der Waals surface area contributed by atoms with Gasteiger partial charge in [-0.3, -0.25) is 0 Å². The molecule has 0 spiro atoms. The molecule has 3 aromatic carbocycles. The summed E-state index contributed by atoms with van der Waals surface area (Å²) < 4.78 is 27.2. The third-order valence-electron chi connectivity index (χ3n) is 3.61. The van der Waals surface area contributed by atoms with E-state index in [9.17, 15) is 8.42 Å². The molecule has 26 heavy (non-hydrogen) atoms. The van der Waals surface area contributed by atoms with Crippen molar-refractivity contribution in [3.8, 4) is 0 Å². The van der Waals surface area contributed by atoms with Crippen LogP contribution in [0.4, 0.5) is 0 Å². The van der Waals surface area contributed by atoms with Crippen molar-refractivity contribution in [1.82, 2.24) is 0 Å². The molecule has 0 atom stereocenters. The molecule has 0 bridgehead atoms. The Morgan fingerprint density at radius 3 is 1.88 bits per heavy atom.